The number of aromatic amines is 1. The molecule has 0 unspecified atom stereocenters. The van der Waals surface area contributed by atoms with Crippen molar-refractivity contribution in [1.29, 1.82) is 5.26 Å². The van der Waals surface area contributed by atoms with E-state index in [0.717, 1.165) is 18.3 Å². The molecule has 0 fully saturated rings. The highest BCUT2D eigenvalue weighted by Gasteiger charge is 2.17. The molecule has 170 valence electrons. The van der Waals surface area contributed by atoms with E-state index in [1.54, 1.807) is 43.3 Å². The van der Waals surface area contributed by atoms with Crippen LogP contribution in [0.15, 0.2) is 52.4 Å². The fourth-order valence-electron chi connectivity index (χ4n) is 2.85. The number of aromatic nitrogens is 2. The van der Waals surface area contributed by atoms with Gasteiger partial charge in [-0.3, -0.25) is 14.5 Å². The lowest BCUT2D eigenvalue weighted by Crippen LogP contribution is -2.18. The third-order valence-electron chi connectivity index (χ3n) is 4.31. The van der Waals surface area contributed by atoms with Crippen LogP contribution in [0.4, 0.5) is 20.4 Å². The quantitative estimate of drug-likeness (QED) is 0.340. The summed E-state index contributed by atoms with van der Waals surface area (Å²) in [5, 5.41) is 13.0. The Morgan fingerprint density at radius 3 is 2.61 bits per heavy atom. The summed E-state index contributed by atoms with van der Waals surface area (Å²) >= 11 is 0. The Morgan fingerprint density at radius 1 is 1.21 bits per heavy atom. The largest absolute Gasteiger partial charge is 0.290 e. The number of halogens is 2. The molecule has 0 aliphatic carbocycles. The average Bonchev–Trinajstić information content (AvgIpc) is 2.78. The van der Waals surface area contributed by atoms with Crippen LogP contribution in [0.5, 0.6) is 0 Å². The van der Waals surface area contributed by atoms with Gasteiger partial charge in [0.2, 0.25) is 16.0 Å². The van der Waals surface area contributed by atoms with Crippen LogP contribution in [0.3, 0.4) is 0 Å². The number of benzene rings is 2. The van der Waals surface area contributed by atoms with E-state index in [2.05, 4.69) is 25.2 Å². The monoisotopic (exact) mass is 472 g/mol. The van der Waals surface area contributed by atoms with Gasteiger partial charge in [0, 0.05) is 5.56 Å². The number of hydrogen-bond acceptors (Lipinski definition) is 7. The van der Waals surface area contributed by atoms with E-state index in [1.165, 1.54) is 0 Å². The Labute approximate surface area is 187 Å². The fourth-order valence-corrected chi connectivity index (χ4v) is 3.98. The van der Waals surface area contributed by atoms with E-state index in [4.69, 9.17) is 0 Å². The first-order valence-electron chi connectivity index (χ1n) is 9.63. The highest BCUT2D eigenvalue weighted by molar-refractivity contribution is 7.92. The summed E-state index contributed by atoms with van der Waals surface area (Å²) in [6.07, 6.45) is 1.10. The highest BCUT2D eigenvalue weighted by atomic mass is 32.2. The number of H-pyrrole nitrogens is 1. The SMILES string of the molecule is CCCS(=O)(=O)Nc1ccc(F)c(C=NNc2nc(-c3ccccc3)c(C#N)c(=O)[nH]2)c1F. The molecule has 0 saturated carbocycles. The third kappa shape index (κ3) is 5.58. The molecule has 0 spiro atoms. The summed E-state index contributed by atoms with van der Waals surface area (Å²) in [5.74, 6) is -2.54. The van der Waals surface area contributed by atoms with E-state index in [1.807, 2.05) is 0 Å². The lowest BCUT2D eigenvalue weighted by atomic mass is 10.1. The molecule has 0 aliphatic rings. The maximum absolute atomic E-state index is 14.7. The second kappa shape index (κ2) is 10.0. The van der Waals surface area contributed by atoms with Crippen molar-refractivity contribution in [1.82, 2.24) is 9.97 Å². The number of nitrogens with one attached hydrogen (secondary N) is 3. The first-order valence-corrected chi connectivity index (χ1v) is 11.3. The van der Waals surface area contributed by atoms with Crippen LogP contribution in [0.25, 0.3) is 11.3 Å². The zero-order chi connectivity index (χ0) is 24.0. The zero-order valence-electron chi connectivity index (χ0n) is 17.3. The van der Waals surface area contributed by atoms with Crippen molar-refractivity contribution in [2.45, 2.75) is 13.3 Å². The fraction of sp³-hybridized carbons (Fsp3) is 0.143. The Hall–Kier alpha value is -4.11. The maximum Gasteiger partial charge on any atom is 0.270 e. The van der Waals surface area contributed by atoms with Gasteiger partial charge in [-0.05, 0) is 18.6 Å². The van der Waals surface area contributed by atoms with E-state index in [0.29, 0.717) is 12.0 Å². The van der Waals surface area contributed by atoms with Gasteiger partial charge in [0.25, 0.3) is 5.56 Å². The Balaban J connectivity index is 1.90. The molecule has 0 amide bonds. The standard InChI is InChI=1S/C21H18F2N6O3S/c1-2-10-33(31,32)29-17-9-8-16(22)15(18(17)23)12-25-28-21-26-19(13-6-4-3-5-7-13)14(11-24)20(30)27-21/h3-9,12,29H,2,10H2,1H3,(H2,26,27,28,30). The zero-order valence-corrected chi connectivity index (χ0v) is 18.1. The number of sulfonamides is 1. The van der Waals surface area contributed by atoms with Gasteiger partial charge in [0.1, 0.15) is 17.4 Å². The summed E-state index contributed by atoms with van der Waals surface area (Å²) in [6.45, 7) is 1.65. The van der Waals surface area contributed by atoms with Crippen LogP contribution >= 0.6 is 0 Å². The molecule has 0 radical (unpaired) electrons. The van der Waals surface area contributed by atoms with Crippen LogP contribution in [0, 0.1) is 23.0 Å². The number of hydrazone groups is 1. The molecule has 3 rings (SSSR count). The molecule has 0 atom stereocenters. The van der Waals surface area contributed by atoms with Gasteiger partial charge in [-0.25, -0.2) is 27.6 Å². The van der Waals surface area contributed by atoms with Gasteiger partial charge in [-0.2, -0.15) is 10.4 Å². The van der Waals surface area contributed by atoms with E-state index >= 15 is 0 Å². The summed E-state index contributed by atoms with van der Waals surface area (Å²) in [6, 6.07) is 12.1. The van der Waals surface area contributed by atoms with Gasteiger partial charge >= 0.3 is 0 Å². The molecule has 9 nitrogen and oxygen atoms in total. The minimum atomic E-state index is -3.79. The summed E-state index contributed by atoms with van der Waals surface area (Å²) in [4.78, 5) is 18.7. The molecule has 0 saturated heterocycles. The van der Waals surface area contributed by atoms with Crippen LogP contribution in [0.1, 0.15) is 24.5 Å². The smallest absolute Gasteiger partial charge is 0.270 e. The van der Waals surface area contributed by atoms with Crippen molar-refractivity contribution < 1.29 is 17.2 Å². The number of hydrogen-bond donors (Lipinski definition) is 3. The van der Waals surface area contributed by atoms with E-state index < -0.39 is 38.5 Å². The van der Waals surface area contributed by atoms with Crippen LogP contribution in [-0.2, 0) is 10.0 Å². The molecular weight excluding hydrogens is 454 g/mol. The van der Waals surface area contributed by atoms with Crippen LogP contribution in [-0.4, -0.2) is 30.4 Å². The second-order valence-electron chi connectivity index (χ2n) is 6.73. The predicted octanol–water partition coefficient (Wildman–Crippen LogP) is 3.18. The van der Waals surface area contributed by atoms with Gasteiger partial charge in [0.15, 0.2) is 5.82 Å². The van der Waals surface area contributed by atoms with Crippen molar-refractivity contribution in [3.63, 3.8) is 0 Å². The summed E-state index contributed by atoms with van der Waals surface area (Å²) in [7, 11) is -3.79. The third-order valence-corrected chi connectivity index (χ3v) is 5.78. The first kappa shape index (κ1) is 23.6. The highest BCUT2D eigenvalue weighted by Crippen LogP contribution is 2.22. The van der Waals surface area contributed by atoms with Crippen LogP contribution < -0.4 is 15.7 Å². The topological polar surface area (TPSA) is 140 Å². The Kier molecular flexibility index (Phi) is 7.14. The number of nitrogens with zero attached hydrogens (tertiary/aromatic N) is 3. The Bertz CT molecular complexity index is 1400. The molecule has 3 N–H and O–H groups in total. The molecule has 1 aromatic heterocycles. The first-order chi connectivity index (χ1) is 15.8. The minimum absolute atomic E-state index is 0.101. The minimum Gasteiger partial charge on any atom is -0.290 e. The normalized spacial score (nSPS) is 11.3. The molecule has 1 heterocycles. The molecule has 3 aromatic rings. The van der Waals surface area contributed by atoms with Crippen molar-refractivity contribution in [2.24, 2.45) is 5.10 Å². The predicted molar refractivity (Wildman–Crippen MR) is 120 cm³/mol. The lowest BCUT2D eigenvalue weighted by Gasteiger charge is -2.10. The van der Waals surface area contributed by atoms with Gasteiger partial charge in [-0.15, -0.1) is 0 Å². The maximum atomic E-state index is 14.7. The molecule has 0 bridgehead atoms. The van der Waals surface area contributed by atoms with Crippen molar-refractivity contribution in [3.8, 4) is 17.3 Å². The Morgan fingerprint density at radius 2 is 1.94 bits per heavy atom. The van der Waals surface area contributed by atoms with E-state index in [9.17, 15) is 27.3 Å². The molecule has 12 heteroatoms. The number of rotatable bonds is 8. The van der Waals surface area contributed by atoms with Crippen LogP contribution in [0.2, 0.25) is 0 Å². The van der Waals surface area contributed by atoms with Gasteiger partial charge in [0.05, 0.1) is 28.9 Å². The molecular formula is C21H18F2N6O3S. The van der Waals surface area contributed by atoms with Gasteiger partial charge in [-0.1, -0.05) is 37.3 Å². The summed E-state index contributed by atoms with van der Waals surface area (Å²) < 4.78 is 54.7. The molecule has 2 aromatic carbocycles. The van der Waals surface area contributed by atoms with Crippen molar-refractivity contribution in [2.75, 3.05) is 15.9 Å². The average molecular weight is 472 g/mol. The number of anilines is 2. The summed E-state index contributed by atoms with van der Waals surface area (Å²) in [5.41, 5.74) is 0.994. The molecule has 33 heavy (non-hydrogen) atoms. The van der Waals surface area contributed by atoms with E-state index in [-0.39, 0.29) is 23.0 Å². The van der Waals surface area contributed by atoms with Crippen molar-refractivity contribution in [3.05, 3.63) is 75.6 Å². The number of nitriles is 1. The van der Waals surface area contributed by atoms with Gasteiger partial charge < -0.3 is 0 Å². The second-order valence-corrected chi connectivity index (χ2v) is 8.57. The van der Waals surface area contributed by atoms with Crippen molar-refractivity contribution >= 4 is 27.9 Å². The molecule has 0 aliphatic heterocycles. The lowest BCUT2D eigenvalue weighted by molar-refractivity contribution is 0.580.